The molecule has 1 amide bonds. The van der Waals surface area contributed by atoms with Gasteiger partial charge in [-0.3, -0.25) is 4.79 Å². The van der Waals surface area contributed by atoms with Crippen LogP contribution in [0.15, 0.2) is 29.2 Å². The molecule has 7 heteroatoms. The molecule has 0 atom stereocenters. The fourth-order valence-electron chi connectivity index (χ4n) is 5.30. The Morgan fingerprint density at radius 3 is 2.14 bits per heavy atom. The van der Waals surface area contributed by atoms with Crippen molar-refractivity contribution in [2.24, 2.45) is 11.1 Å². The molecule has 2 fully saturated rings. The van der Waals surface area contributed by atoms with Crippen molar-refractivity contribution in [3.05, 3.63) is 41.1 Å². The molecule has 2 aliphatic carbocycles. The molecule has 0 bridgehead atoms. The third-order valence-electron chi connectivity index (χ3n) is 8.09. The molecule has 1 aromatic carbocycles. The zero-order chi connectivity index (χ0) is 26.5. The van der Waals surface area contributed by atoms with E-state index in [-0.39, 0.29) is 22.3 Å². The van der Waals surface area contributed by atoms with E-state index < -0.39 is 15.4 Å². The number of carbonyl (C=O) groups is 1. The van der Waals surface area contributed by atoms with Gasteiger partial charge in [-0.05, 0) is 92.7 Å². The maximum atomic E-state index is 13.2. The van der Waals surface area contributed by atoms with Gasteiger partial charge in [0.05, 0.1) is 5.41 Å². The summed E-state index contributed by atoms with van der Waals surface area (Å²) < 4.78 is 27.2. The molecule has 2 aliphatic rings. The predicted octanol–water partition coefficient (Wildman–Crippen LogP) is 5.54. The van der Waals surface area contributed by atoms with Crippen LogP contribution >= 0.6 is 0 Å². The lowest BCUT2D eigenvalue weighted by Crippen LogP contribution is -2.41. The third kappa shape index (κ3) is 5.72. The molecule has 0 spiro atoms. The first kappa shape index (κ1) is 26.9. The van der Waals surface area contributed by atoms with Crippen molar-refractivity contribution in [3.8, 4) is 11.3 Å². The van der Waals surface area contributed by atoms with Gasteiger partial charge in [0.2, 0.25) is 15.9 Å². The average Bonchev–Trinajstić information content (AvgIpc) is 3.55. The van der Waals surface area contributed by atoms with Crippen LogP contribution in [0.4, 0.5) is 0 Å². The van der Waals surface area contributed by atoms with Crippen LogP contribution in [-0.4, -0.2) is 24.9 Å². The molecule has 6 nitrogen and oxygen atoms in total. The summed E-state index contributed by atoms with van der Waals surface area (Å²) in [7, 11) is -3.87. The predicted molar refractivity (Wildman–Crippen MR) is 145 cm³/mol. The van der Waals surface area contributed by atoms with Gasteiger partial charge in [0, 0.05) is 24.0 Å². The van der Waals surface area contributed by atoms with E-state index in [2.05, 4.69) is 48.9 Å². The molecule has 1 aromatic heterocycles. The molecule has 2 aromatic rings. The van der Waals surface area contributed by atoms with E-state index in [1.54, 1.807) is 6.07 Å². The molecule has 3 N–H and O–H groups in total. The molecule has 0 aliphatic heterocycles. The summed E-state index contributed by atoms with van der Waals surface area (Å²) in [6.07, 6.45) is 8.10. The van der Waals surface area contributed by atoms with Gasteiger partial charge < -0.3 is 9.88 Å². The van der Waals surface area contributed by atoms with Crippen molar-refractivity contribution < 1.29 is 13.2 Å². The SMILES string of the molecule is Cc1c(S(N)(=O)=O)cc(-c2cc(C(C)(C)C)cc(C(C)(C)C(=O)NC3CC3)c2)n1CC1CCCCC1. The summed E-state index contributed by atoms with van der Waals surface area (Å²) in [6.45, 7) is 13.1. The van der Waals surface area contributed by atoms with Crippen LogP contribution in [0.25, 0.3) is 11.3 Å². The van der Waals surface area contributed by atoms with Crippen LogP contribution in [0, 0.1) is 12.8 Å². The number of amides is 1. The highest BCUT2D eigenvalue weighted by molar-refractivity contribution is 7.89. The Morgan fingerprint density at radius 2 is 1.58 bits per heavy atom. The maximum absolute atomic E-state index is 13.2. The Labute approximate surface area is 217 Å². The number of rotatable bonds is 7. The fourth-order valence-corrected chi connectivity index (χ4v) is 6.10. The van der Waals surface area contributed by atoms with Crippen LogP contribution in [0.5, 0.6) is 0 Å². The van der Waals surface area contributed by atoms with Crippen LogP contribution in [-0.2, 0) is 32.2 Å². The van der Waals surface area contributed by atoms with E-state index >= 15 is 0 Å². The van der Waals surface area contributed by atoms with Gasteiger partial charge in [0.1, 0.15) is 4.90 Å². The smallest absolute Gasteiger partial charge is 0.239 e. The second-order valence-electron chi connectivity index (χ2n) is 12.6. The number of primary sulfonamides is 1. The number of carbonyl (C=O) groups excluding carboxylic acids is 1. The Kier molecular flexibility index (Phi) is 7.21. The van der Waals surface area contributed by atoms with Gasteiger partial charge in [-0.15, -0.1) is 0 Å². The average molecular weight is 514 g/mol. The van der Waals surface area contributed by atoms with Crippen molar-refractivity contribution in [1.82, 2.24) is 9.88 Å². The lowest BCUT2D eigenvalue weighted by molar-refractivity contribution is -0.125. The number of hydrogen-bond donors (Lipinski definition) is 2. The summed E-state index contributed by atoms with van der Waals surface area (Å²) in [5, 5.41) is 8.82. The molecule has 198 valence electrons. The second kappa shape index (κ2) is 9.64. The largest absolute Gasteiger partial charge is 0.353 e. The monoisotopic (exact) mass is 513 g/mol. The summed E-state index contributed by atoms with van der Waals surface area (Å²) in [4.78, 5) is 13.4. The first-order valence-corrected chi connectivity index (χ1v) is 14.9. The van der Waals surface area contributed by atoms with Gasteiger partial charge in [-0.2, -0.15) is 0 Å². The molecule has 0 radical (unpaired) electrons. The molecule has 1 heterocycles. The van der Waals surface area contributed by atoms with E-state index in [1.807, 2.05) is 20.8 Å². The van der Waals surface area contributed by atoms with E-state index in [0.717, 1.165) is 54.6 Å². The van der Waals surface area contributed by atoms with Gasteiger partial charge in [-0.1, -0.05) is 46.1 Å². The number of sulfonamides is 1. The zero-order valence-electron chi connectivity index (χ0n) is 22.8. The van der Waals surface area contributed by atoms with Crippen molar-refractivity contribution in [1.29, 1.82) is 0 Å². The van der Waals surface area contributed by atoms with E-state index in [9.17, 15) is 13.2 Å². The first-order valence-electron chi connectivity index (χ1n) is 13.4. The van der Waals surface area contributed by atoms with Gasteiger partial charge in [0.15, 0.2) is 0 Å². The Balaban J connectivity index is 1.87. The Hall–Kier alpha value is -2.12. The number of aromatic nitrogens is 1. The summed E-state index contributed by atoms with van der Waals surface area (Å²) in [5.74, 6) is 0.545. The lowest BCUT2D eigenvalue weighted by atomic mass is 9.77. The molecular formula is C29H43N3O3S. The minimum Gasteiger partial charge on any atom is -0.353 e. The van der Waals surface area contributed by atoms with E-state index in [0.29, 0.717) is 11.6 Å². The topological polar surface area (TPSA) is 94.2 Å². The van der Waals surface area contributed by atoms with Crippen LogP contribution in [0.3, 0.4) is 0 Å². The fraction of sp³-hybridized carbons (Fsp3) is 0.621. The standard InChI is InChI=1S/C29H43N3O3S/c1-19-26(36(30,34)35)17-25(32(19)18-20-10-8-7-9-11-20)21-14-22(28(2,3)4)16-23(15-21)29(5,6)27(33)31-24-12-13-24/h14-17,20,24H,7-13,18H2,1-6H3,(H,31,33)(H2,30,34,35). The van der Waals surface area contributed by atoms with Crippen LogP contribution in [0.2, 0.25) is 0 Å². The van der Waals surface area contributed by atoms with Gasteiger partial charge in [0.25, 0.3) is 0 Å². The highest BCUT2D eigenvalue weighted by Gasteiger charge is 2.35. The third-order valence-corrected chi connectivity index (χ3v) is 9.12. The second-order valence-corrected chi connectivity index (χ2v) is 14.1. The number of nitrogens with zero attached hydrogens (tertiary/aromatic N) is 1. The number of nitrogens with two attached hydrogens (primary N) is 1. The molecule has 2 saturated carbocycles. The van der Waals surface area contributed by atoms with Crippen molar-refractivity contribution in [3.63, 3.8) is 0 Å². The highest BCUT2D eigenvalue weighted by atomic mass is 32.2. The Bertz CT molecular complexity index is 1240. The quantitative estimate of drug-likeness (QED) is 0.509. The summed E-state index contributed by atoms with van der Waals surface area (Å²) >= 11 is 0. The van der Waals surface area contributed by atoms with E-state index in [4.69, 9.17) is 5.14 Å². The minimum atomic E-state index is -3.87. The maximum Gasteiger partial charge on any atom is 0.239 e. The molecule has 36 heavy (non-hydrogen) atoms. The summed E-state index contributed by atoms with van der Waals surface area (Å²) in [5.41, 5.74) is 3.65. The van der Waals surface area contributed by atoms with Crippen molar-refractivity contribution in [2.45, 2.75) is 115 Å². The van der Waals surface area contributed by atoms with Crippen molar-refractivity contribution in [2.75, 3.05) is 0 Å². The molecule has 0 saturated heterocycles. The highest BCUT2D eigenvalue weighted by Crippen LogP contribution is 2.38. The van der Waals surface area contributed by atoms with Crippen molar-refractivity contribution >= 4 is 15.9 Å². The molecule has 0 unspecified atom stereocenters. The normalized spacial score (nSPS) is 17.9. The number of nitrogens with one attached hydrogen (secondary N) is 1. The van der Waals surface area contributed by atoms with Gasteiger partial charge in [-0.25, -0.2) is 13.6 Å². The zero-order valence-corrected chi connectivity index (χ0v) is 23.6. The van der Waals surface area contributed by atoms with Crippen LogP contribution in [0.1, 0.15) is 96.4 Å². The number of hydrogen-bond acceptors (Lipinski definition) is 3. The molecule has 4 rings (SSSR count). The van der Waals surface area contributed by atoms with Gasteiger partial charge >= 0.3 is 0 Å². The van der Waals surface area contributed by atoms with Crippen LogP contribution < -0.4 is 10.5 Å². The Morgan fingerprint density at radius 1 is 0.972 bits per heavy atom. The van der Waals surface area contributed by atoms with E-state index in [1.165, 1.54) is 19.3 Å². The lowest BCUT2D eigenvalue weighted by Gasteiger charge is -2.29. The minimum absolute atomic E-state index is 0.0287. The first-order chi connectivity index (χ1) is 16.7. The number of benzene rings is 1. The molecular weight excluding hydrogens is 470 g/mol. The summed E-state index contributed by atoms with van der Waals surface area (Å²) in [6, 6.07) is 8.38.